The van der Waals surface area contributed by atoms with Crippen LogP contribution in [0.2, 0.25) is 0 Å². The Kier molecular flexibility index (Phi) is 11.3. The van der Waals surface area contributed by atoms with Crippen LogP contribution in [0.1, 0.15) is 37.8 Å². The SMILES string of the molecule is CC(C)C[C@H](NC(=O)Cc1ccccc1)C(=O)N[C@@H](CC(=O)O)C(=O)N[C@H]([C]=O)Cc1ccccc1. The molecule has 2 rings (SSSR count). The van der Waals surface area contributed by atoms with Gasteiger partial charge in [-0.25, -0.2) is 0 Å². The molecule has 9 heteroatoms. The number of amides is 3. The van der Waals surface area contributed by atoms with Crippen LogP contribution in [0, 0.1) is 5.92 Å². The molecule has 1 radical (unpaired) electrons. The molecular weight excluding hydrogens is 462 g/mol. The number of carbonyl (C=O) groups excluding carboxylic acids is 4. The number of carboxylic acid groups (broad SMARTS) is 1. The summed E-state index contributed by atoms with van der Waals surface area (Å²) in [7, 11) is 0. The van der Waals surface area contributed by atoms with Gasteiger partial charge in [-0.2, -0.15) is 0 Å². The van der Waals surface area contributed by atoms with E-state index >= 15 is 0 Å². The summed E-state index contributed by atoms with van der Waals surface area (Å²) in [5, 5.41) is 16.9. The number of aliphatic carboxylic acids is 1. The largest absolute Gasteiger partial charge is 0.481 e. The fraction of sp³-hybridized carbons (Fsp3) is 0.370. The standard InChI is InChI=1S/C27H32N3O6/c1-18(2)13-22(29-24(32)15-20-11-7-4-8-12-20)27(36)30-23(16-25(33)34)26(35)28-21(17-31)14-19-9-5-3-6-10-19/h3-12,18,21-23H,13-16H2,1-2H3,(H,28,35)(H,29,32)(H,30,36)(H,33,34)/t21-,22-,23-/m0/s1. The van der Waals surface area contributed by atoms with Gasteiger partial charge in [-0.1, -0.05) is 74.5 Å². The first kappa shape index (κ1) is 28.2. The van der Waals surface area contributed by atoms with E-state index in [1.807, 2.05) is 26.0 Å². The maximum Gasteiger partial charge on any atom is 0.305 e. The summed E-state index contributed by atoms with van der Waals surface area (Å²) in [4.78, 5) is 61.2. The molecule has 191 valence electrons. The van der Waals surface area contributed by atoms with E-state index in [2.05, 4.69) is 16.0 Å². The molecule has 2 aromatic carbocycles. The highest BCUT2D eigenvalue weighted by Crippen LogP contribution is 2.08. The zero-order valence-electron chi connectivity index (χ0n) is 20.4. The minimum Gasteiger partial charge on any atom is -0.481 e. The van der Waals surface area contributed by atoms with Gasteiger partial charge in [0.25, 0.3) is 0 Å². The number of rotatable bonds is 14. The zero-order valence-corrected chi connectivity index (χ0v) is 20.4. The van der Waals surface area contributed by atoms with Gasteiger partial charge in [-0.3, -0.25) is 24.0 Å². The molecule has 0 bridgehead atoms. The lowest BCUT2D eigenvalue weighted by atomic mass is 10.0. The summed E-state index contributed by atoms with van der Waals surface area (Å²) in [5.74, 6) is -3.15. The molecule has 0 saturated carbocycles. The quantitative estimate of drug-likeness (QED) is 0.314. The van der Waals surface area contributed by atoms with Crippen LogP contribution in [-0.4, -0.2) is 53.2 Å². The van der Waals surface area contributed by atoms with Crippen molar-refractivity contribution in [3.05, 3.63) is 71.8 Å². The van der Waals surface area contributed by atoms with Crippen LogP contribution in [0.25, 0.3) is 0 Å². The summed E-state index contributed by atoms with van der Waals surface area (Å²) in [6.07, 6.45) is 1.56. The molecule has 0 aromatic heterocycles. The lowest BCUT2D eigenvalue weighted by Gasteiger charge is -2.24. The Morgan fingerprint density at radius 2 is 1.36 bits per heavy atom. The normalized spacial score (nSPS) is 13.2. The molecule has 0 aliphatic carbocycles. The Morgan fingerprint density at radius 3 is 1.89 bits per heavy atom. The Balaban J connectivity index is 2.08. The second-order valence-corrected chi connectivity index (χ2v) is 8.94. The molecule has 0 spiro atoms. The van der Waals surface area contributed by atoms with E-state index in [-0.39, 0.29) is 31.1 Å². The lowest BCUT2D eigenvalue weighted by molar-refractivity contribution is -0.141. The third-order valence-electron chi connectivity index (χ3n) is 5.32. The topological polar surface area (TPSA) is 142 Å². The van der Waals surface area contributed by atoms with Gasteiger partial charge in [-0.15, -0.1) is 0 Å². The highest BCUT2D eigenvalue weighted by Gasteiger charge is 2.30. The predicted molar refractivity (Wildman–Crippen MR) is 133 cm³/mol. The smallest absolute Gasteiger partial charge is 0.305 e. The summed E-state index contributed by atoms with van der Waals surface area (Å²) in [6.45, 7) is 3.75. The molecule has 3 atom stereocenters. The van der Waals surface area contributed by atoms with E-state index in [0.717, 1.165) is 11.1 Å². The van der Waals surface area contributed by atoms with Gasteiger partial charge >= 0.3 is 5.97 Å². The van der Waals surface area contributed by atoms with Crippen molar-refractivity contribution in [2.45, 2.75) is 57.7 Å². The van der Waals surface area contributed by atoms with E-state index in [4.69, 9.17) is 0 Å². The van der Waals surface area contributed by atoms with Crippen molar-refractivity contribution in [2.75, 3.05) is 0 Å². The Bertz CT molecular complexity index is 1030. The van der Waals surface area contributed by atoms with Crippen LogP contribution in [0.15, 0.2) is 60.7 Å². The molecule has 0 aliphatic heterocycles. The predicted octanol–water partition coefficient (Wildman–Crippen LogP) is 1.56. The maximum atomic E-state index is 13.0. The third-order valence-corrected chi connectivity index (χ3v) is 5.32. The van der Waals surface area contributed by atoms with Crippen LogP contribution >= 0.6 is 0 Å². The average Bonchev–Trinajstić information content (AvgIpc) is 2.83. The molecule has 0 aliphatic rings. The molecule has 0 saturated heterocycles. The fourth-order valence-electron chi connectivity index (χ4n) is 3.63. The van der Waals surface area contributed by atoms with Crippen molar-refractivity contribution in [3.63, 3.8) is 0 Å². The van der Waals surface area contributed by atoms with Gasteiger partial charge in [-0.05, 0) is 23.5 Å². The van der Waals surface area contributed by atoms with Crippen molar-refractivity contribution >= 4 is 30.0 Å². The Hall–Kier alpha value is -4.01. The van der Waals surface area contributed by atoms with Crippen LogP contribution in [0.4, 0.5) is 0 Å². The van der Waals surface area contributed by atoms with Crippen LogP contribution in [0.5, 0.6) is 0 Å². The van der Waals surface area contributed by atoms with Crippen LogP contribution in [0.3, 0.4) is 0 Å². The second-order valence-electron chi connectivity index (χ2n) is 8.94. The first-order valence-electron chi connectivity index (χ1n) is 11.7. The molecular formula is C27H32N3O6. The minimum atomic E-state index is -1.44. The minimum absolute atomic E-state index is 0.0319. The number of carbonyl (C=O) groups is 4. The molecule has 4 N–H and O–H groups in total. The van der Waals surface area contributed by atoms with E-state index in [1.54, 1.807) is 54.8 Å². The van der Waals surface area contributed by atoms with Crippen molar-refractivity contribution in [1.82, 2.24) is 16.0 Å². The summed E-state index contributed by atoms with van der Waals surface area (Å²) in [5.41, 5.74) is 1.56. The van der Waals surface area contributed by atoms with Crippen molar-refractivity contribution in [2.24, 2.45) is 5.92 Å². The van der Waals surface area contributed by atoms with Gasteiger partial charge in [0.05, 0.1) is 18.9 Å². The summed E-state index contributed by atoms with van der Waals surface area (Å²) >= 11 is 0. The monoisotopic (exact) mass is 494 g/mol. The summed E-state index contributed by atoms with van der Waals surface area (Å²) < 4.78 is 0. The molecule has 0 heterocycles. The number of hydrogen-bond acceptors (Lipinski definition) is 5. The number of hydrogen-bond donors (Lipinski definition) is 4. The molecule has 3 amide bonds. The van der Waals surface area contributed by atoms with Gasteiger partial charge in [0.1, 0.15) is 12.1 Å². The Labute approximate surface area is 210 Å². The molecule has 36 heavy (non-hydrogen) atoms. The number of benzene rings is 2. The molecule has 9 nitrogen and oxygen atoms in total. The van der Waals surface area contributed by atoms with Crippen molar-refractivity contribution in [3.8, 4) is 0 Å². The molecule has 2 aromatic rings. The van der Waals surface area contributed by atoms with Crippen LogP contribution in [-0.2, 0) is 36.8 Å². The highest BCUT2D eigenvalue weighted by molar-refractivity contribution is 5.94. The van der Waals surface area contributed by atoms with E-state index < -0.39 is 42.3 Å². The van der Waals surface area contributed by atoms with E-state index in [9.17, 15) is 29.1 Å². The summed E-state index contributed by atoms with van der Waals surface area (Å²) in [6, 6.07) is 14.5. The fourth-order valence-corrected chi connectivity index (χ4v) is 3.63. The first-order valence-corrected chi connectivity index (χ1v) is 11.7. The van der Waals surface area contributed by atoms with Gasteiger partial charge in [0.15, 0.2) is 0 Å². The maximum absolute atomic E-state index is 13.0. The highest BCUT2D eigenvalue weighted by atomic mass is 16.4. The van der Waals surface area contributed by atoms with E-state index in [1.165, 1.54) is 0 Å². The van der Waals surface area contributed by atoms with Crippen LogP contribution < -0.4 is 16.0 Å². The van der Waals surface area contributed by atoms with Gasteiger partial charge in [0, 0.05) is 6.42 Å². The lowest BCUT2D eigenvalue weighted by Crippen LogP contribution is -2.56. The third kappa shape index (κ3) is 10.1. The first-order chi connectivity index (χ1) is 17.2. The molecule has 0 fully saturated rings. The second kappa shape index (κ2) is 14.4. The van der Waals surface area contributed by atoms with Gasteiger partial charge < -0.3 is 21.1 Å². The molecule has 0 unspecified atom stereocenters. The zero-order chi connectivity index (χ0) is 26.5. The van der Waals surface area contributed by atoms with Crippen molar-refractivity contribution < 1.29 is 29.1 Å². The van der Waals surface area contributed by atoms with Crippen molar-refractivity contribution in [1.29, 1.82) is 0 Å². The number of nitrogens with one attached hydrogen (secondary N) is 3. The van der Waals surface area contributed by atoms with Gasteiger partial charge in [0.2, 0.25) is 24.0 Å². The van der Waals surface area contributed by atoms with E-state index in [0.29, 0.717) is 0 Å². The number of carboxylic acids is 1. The Morgan fingerprint density at radius 1 is 0.806 bits per heavy atom. The average molecular weight is 495 g/mol.